The van der Waals surface area contributed by atoms with Gasteiger partial charge in [0.2, 0.25) is 0 Å². The van der Waals surface area contributed by atoms with Crippen LogP contribution in [0.25, 0.3) is 0 Å². The Morgan fingerprint density at radius 3 is 1.11 bits per heavy atom. The van der Waals surface area contributed by atoms with Gasteiger partial charge in [0.05, 0.1) is 26.4 Å². The lowest BCUT2D eigenvalue weighted by Crippen LogP contribution is -2.18. The van der Waals surface area contributed by atoms with E-state index >= 15 is 0 Å². The molecule has 0 radical (unpaired) electrons. The molecule has 0 aliphatic carbocycles. The van der Waals surface area contributed by atoms with E-state index in [0.717, 1.165) is 75.1 Å². The maximum absolute atomic E-state index is 5.67. The smallest absolute Gasteiger partial charge is 0.122 e. The lowest BCUT2D eigenvalue weighted by Gasteiger charge is -2.26. The van der Waals surface area contributed by atoms with Crippen LogP contribution >= 0.6 is 0 Å². The standard InChI is InChI=1S/C21H28O2.C12H18O2/c1-5-15-22-19-11-7-17(8-12-19)21(3,4)18-9-13-20(14-10-18)23-16-6-2;1-3-8-13-11-6-5-7-12(10-11)14-9-4-2/h7-14H,5-6,15-16H2,1-4H3;5-7,10H,3-4,8-9H2,1-2H3. The predicted molar refractivity (Wildman–Crippen MR) is 155 cm³/mol. The van der Waals surface area contributed by atoms with Crippen molar-refractivity contribution in [3.05, 3.63) is 83.9 Å². The summed E-state index contributed by atoms with van der Waals surface area (Å²) >= 11 is 0. The Balaban J connectivity index is 0.000000294. The lowest BCUT2D eigenvalue weighted by atomic mass is 9.78. The zero-order valence-electron chi connectivity index (χ0n) is 23.7. The molecular formula is C33H46O4. The van der Waals surface area contributed by atoms with Crippen molar-refractivity contribution in [3.63, 3.8) is 0 Å². The molecule has 0 amide bonds. The largest absolute Gasteiger partial charge is 0.494 e. The summed E-state index contributed by atoms with van der Waals surface area (Å²) in [6.07, 6.45) is 4.11. The van der Waals surface area contributed by atoms with Crippen molar-refractivity contribution in [2.45, 2.75) is 72.6 Å². The minimum absolute atomic E-state index is 0.0490. The van der Waals surface area contributed by atoms with Gasteiger partial charge in [0, 0.05) is 11.5 Å². The first kappa shape index (κ1) is 30.1. The van der Waals surface area contributed by atoms with Gasteiger partial charge in [0.1, 0.15) is 23.0 Å². The van der Waals surface area contributed by atoms with Gasteiger partial charge in [-0.1, -0.05) is 71.9 Å². The van der Waals surface area contributed by atoms with E-state index in [1.54, 1.807) is 0 Å². The summed E-state index contributed by atoms with van der Waals surface area (Å²) in [5.74, 6) is 3.66. The van der Waals surface area contributed by atoms with Crippen molar-refractivity contribution < 1.29 is 18.9 Å². The highest BCUT2D eigenvalue weighted by molar-refractivity contribution is 5.41. The molecule has 0 aliphatic rings. The number of rotatable bonds is 14. The first-order chi connectivity index (χ1) is 17.9. The van der Waals surface area contributed by atoms with Crippen LogP contribution in [0.2, 0.25) is 0 Å². The van der Waals surface area contributed by atoms with Crippen LogP contribution in [0.4, 0.5) is 0 Å². The van der Waals surface area contributed by atoms with Crippen molar-refractivity contribution in [2.75, 3.05) is 26.4 Å². The van der Waals surface area contributed by atoms with Gasteiger partial charge in [-0.15, -0.1) is 0 Å². The van der Waals surface area contributed by atoms with E-state index in [9.17, 15) is 0 Å². The van der Waals surface area contributed by atoms with Gasteiger partial charge in [0.15, 0.2) is 0 Å². The molecule has 4 heteroatoms. The molecule has 0 unspecified atom stereocenters. The first-order valence-corrected chi connectivity index (χ1v) is 13.8. The fraction of sp³-hybridized carbons (Fsp3) is 0.455. The molecule has 0 N–H and O–H groups in total. The number of ether oxygens (including phenoxy) is 4. The van der Waals surface area contributed by atoms with Crippen LogP contribution < -0.4 is 18.9 Å². The van der Waals surface area contributed by atoms with E-state index in [1.165, 1.54) is 11.1 Å². The second kappa shape index (κ2) is 16.6. The summed E-state index contributed by atoms with van der Waals surface area (Å²) in [6, 6.07) is 24.7. The van der Waals surface area contributed by atoms with Crippen LogP contribution in [0, 0.1) is 0 Å². The molecular weight excluding hydrogens is 460 g/mol. The Hall–Kier alpha value is -3.14. The molecule has 37 heavy (non-hydrogen) atoms. The summed E-state index contributed by atoms with van der Waals surface area (Å²) in [4.78, 5) is 0. The van der Waals surface area contributed by atoms with E-state index in [1.807, 2.05) is 24.3 Å². The molecule has 3 aromatic rings. The average molecular weight is 507 g/mol. The molecule has 0 saturated heterocycles. The van der Waals surface area contributed by atoms with Gasteiger partial charge >= 0.3 is 0 Å². The molecule has 0 heterocycles. The third-order valence-electron chi connectivity index (χ3n) is 5.85. The summed E-state index contributed by atoms with van der Waals surface area (Å²) < 4.78 is 22.3. The molecule has 0 aliphatic heterocycles. The summed E-state index contributed by atoms with van der Waals surface area (Å²) in [6.45, 7) is 16.0. The number of benzene rings is 3. The minimum Gasteiger partial charge on any atom is -0.494 e. The van der Waals surface area contributed by atoms with E-state index < -0.39 is 0 Å². The van der Waals surface area contributed by atoms with Gasteiger partial charge in [0.25, 0.3) is 0 Å². The van der Waals surface area contributed by atoms with Crippen molar-refractivity contribution in [3.8, 4) is 23.0 Å². The average Bonchev–Trinajstić information content (AvgIpc) is 2.93. The topological polar surface area (TPSA) is 36.9 Å². The van der Waals surface area contributed by atoms with Gasteiger partial charge in [-0.25, -0.2) is 0 Å². The molecule has 4 nitrogen and oxygen atoms in total. The molecule has 0 spiro atoms. The molecule has 0 fully saturated rings. The molecule has 202 valence electrons. The Morgan fingerprint density at radius 2 is 0.784 bits per heavy atom. The second-order valence-electron chi connectivity index (χ2n) is 9.54. The normalized spacial score (nSPS) is 10.8. The van der Waals surface area contributed by atoms with Gasteiger partial charge in [-0.2, -0.15) is 0 Å². The zero-order valence-corrected chi connectivity index (χ0v) is 23.7. The van der Waals surface area contributed by atoms with Crippen molar-refractivity contribution in [2.24, 2.45) is 0 Å². The van der Waals surface area contributed by atoms with Crippen LogP contribution in [-0.2, 0) is 5.41 Å². The van der Waals surface area contributed by atoms with Gasteiger partial charge in [-0.3, -0.25) is 0 Å². The molecule has 3 aromatic carbocycles. The van der Waals surface area contributed by atoms with Gasteiger partial charge in [-0.05, 0) is 73.2 Å². The highest BCUT2D eigenvalue weighted by Gasteiger charge is 2.23. The SMILES string of the molecule is CCCOc1ccc(C(C)(C)c2ccc(OCCC)cc2)cc1.CCCOc1cccc(OCCC)c1. The van der Waals surface area contributed by atoms with Crippen LogP contribution in [0.15, 0.2) is 72.8 Å². The van der Waals surface area contributed by atoms with E-state index in [2.05, 4.69) is 90.1 Å². The Morgan fingerprint density at radius 1 is 0.459 bits per heavy atom. The third kappa shape index (κ3) is 10.4. The predicted octanol–water partition coefficient (Wildman–Crippen LogP) is 8.85. The van der Waals surface area contributed by atoms with Crippen LogP contribution in [-0.4, -0.2) is 26.4 Å². The van der Waals surface area contributed by atoms with Gasteiger partial charge < -0.3 is 18.9 Å². The summed E-state index contributed by atoms with van der Waals surface area (Å²) in [5.41, 5.74) is 2.51. The molecule has 3 rings (SSSR count). The molecule has 0 atom stereocenters. The highest BCUT2D eigenvalue weighted by Crippen LogP contribution is 2.33. The highest BCUT2D eigenvalue weighted by atomic mass is 16.5. The van der Waals surface area contributed by atoms with Crippen LogP contribution in [0.5, 0.6) is 23.0 Å². The maximum Gasteiger partial charge on any atom is 0.122 e. The van der Waals surface area contributed by atoms with Crippen molar-refractivity contribution in [1.29, 1.82) is 0 Å². The Kier molecular flexibility index (Phi) is 13.5. The van der Waals surface area contributed by atoms with Crippen molar-refractivity contribution >= 4 is 0 Å². The zero-order chi connectivity index (χ0) is 26.9. The first-order valence-electron chi connectivity index (χ1n) is 13.8. The van der Waals surface area contributed by atoms with E-state index in [4.69, 9.17) is 18.9 Å². The monoisotopic (exact) mass is 506 g/mol. The molecule has 0 aromatic heterocycles. The van der Waals surface area contributed by atoms with Crippen LogP contribution in [0.3, 0.4) is 0 Å². The lowest BCUT2D eigenvalue weighted by molar-refractivity contribution is 0.301. The maximum atomic E-state index is 5.67. The minimum atomic E-state index is -0.0490. The molecule has 0 bridgehead atoms. The fourth-order valence-electron chi connectivity index (χ4n) is 3.64. The van der Waals surface area contributed by atoms with Crippen LogP contribution in [0.1, 0.15) is 78.4 Å². The van der Waals surface area contributed by atoms with Crippen molar-refractivity contribution in [1.82, 2.24) is 0 Å². The number of hydrogen-bond acceptors (Lipinski definition) is 4. The number of hydrogen-bond donors (Lipinski definition) is 0. The summed E-state index contributed by atoms with van der Waals surface area (Å²) in [7, 11) is 0. The van der Waals surface area contributed by atoms with E-state index in [0.29, 0.717) is 0 Å². The fourth-order valence-corrected chi connectivity index (χ4v) is 3.64. The Labute approximate surface area is 224 Å². The second-order valence-corrected chi connectivity index (χ2v) is 9.54. The third-order valence-corrected chi connectivity index (χ3v) is 5.85. The Bertz CT molecular complexity index is 917. The molecule has 0 saturated carbocycles. The quantitative estimate of drug-likeness (QED) is 0.219. The van der Waals surface area contributed by atoms with E-state index in [-0.39, 0.29) is 5.41 Å². The summed E-state index contributed by atoms with van der Waals surface area (Å²) in [5, 5.41) is 0.